The molecule has 0 bridgehead atoms. The third kappa shape index (κ3) is 6.35. The molecule has 2 aromatic heterocycles. The Morgan fingerprint density at radius 2 is 1.89 bits per heavy atom. The highest BCUT2D eigenvalue weighted by Crippen LogP contribution is 2.14. The second-order valence-electron chi connectivity index (χ2n) is 5.73. The molecule has 0 saturated carbocycles. The summed E-state index contributed by atoms with van der Waals surface area (Å²) in [6.45, 7) is 6.88. The third-order valence-corrected chi connectivity index (χ3v) is 4.17. The largest absolute Gasteiger partial charge is 0.694 e. The van der Waals surface area contributed by atoms with Gasteiger partial charge in [-0.05, 0) is 13.3 Å². The van der Waals surface area contributed by atoms with Gasteiger partial charge in [0.25, 0.3) is 5.56 Å². The molecule has 27 heavy (non-hydrogen) atoms. The quantitative estimate of drug-likeness (QED) is 0.501. The third-order valence-electron chi connectivity index (χ3n) is 3.76. The Hall–Kier alpha value is -1.87. The van der Waals surface area contributed by atoms with Crippen LogP contribution in [0.5, 0.6) is 0 Å². The number of nitrogens with zero attached hydrogens (tertiary/aromatic N) is 4. The van der Waals surface area contributed by atoms with Crippen molar-refractivity contribution in [3.05, 3.63) is 27.2 Å². The van der Waals surface area contributed by atoms with Gasteiger partial charge in [0.2, 0.25) is 0 Å². The van der Waals surface area contributed by atoms with Crippen molar-refractivity contribution in [3.8, 4) is 0 Å². The van der Waals surface area contributed by atoms with E-state index in [1.54, 1.807) is 0 Å². The van der Waals surface area contributed by atoms with Crippen LogP contribution >= 0.6 is 8.25 Å². The Morgan fingerprint density at radius 1 is 1.22 bits per heavy atom. The van der Waals surface area contributed by atoms with Crippen LogP contribution < -0.4 is 11.2 Å². The first-order chi connectivity index (χ1) is 12.9. The van der Waals surface area contributed by atoms with E-state index in [0.717, 1.165) is 4.57 Å². The molecular weight excluding hydrogens is 375 g/mol. The van der Waals surface area contributed by atoms with Crippen LogP contribution in [0.15, 0.2) is 15.9 Å². The molecule has 0 spiro atoms. The lowest BCUT2D eigenvalue weighted by Gasteiger charge is -2.09. The summed E-state index contributed by atoms with van der Waals surface area (Å²) in [5.74, 6) is 0. The lowest BCUT2D eigenvalue weighted by molar-refractivity contribution is 0.0903. The van der Waals surface area contributed by atoms with Gasteiger partial charge in [0, 0.05) is 24.8 Å². The van der Waals surface area contributed by atoms with Crippen molar-refractivity contribution in [1.82, 2.24) is 18.7 Å². The fourth-order valence-electron chi connectivity index (χ4n) is 2.17. The molecular formula is C16H28N4O6P+. The van der Waals surface area contributed by atoms with E-state index in [1.165, 1.54) is 35.4 Å². The van der Waals surface area contributed by atoms with Crippen LogP contribution in [0.4, 0.5) is 0 Å². The molecule has 2 heterocycles. The SMILES string of the molecule is CCCC.CCOCn1cnc2c1c(=O)n(CCCO[P+](=O)O)c(=O)n2C. The van der Waals surface area contributed by atoms with E-state index in [0.29, 0.717) is 6.61 Å². The fourth-order valence-corrected chi connectivity index (χ4v) is 2.46. The Labute approximate surface area is 158 Å². The fraction of sp³-hybridized carbons (Fsp3) is 0.688. The first-order valence-electron chi connectivity index (χ1n) is 8.90. The molecule has 0 aromatic carbocycles. The summed E-state index contributed by atoms with van der Waals surface area (Å²) in [5.41, 5.74) is -0.424. The van der Waals surface area contributed by atoms with Gasteiger partial charge < -0.3 is 9.30 Å². The van der Waals surface area contributed by atoms with Crippen molar-refractivity contribution in [2.75, 3.05) is 13.2 Å². The van der Waals surface area contributed by atoms with Gasteiger partial charge >= 0.3 is 13.9 Å². The molecule has 0 aliphatic rings. The molecule has 0 aliphatic heterocycles. The number of imidazole rings is 1. The molecule has 0 amide bonds. The molecule has 2 rings (SSSR count). The number of hydrogen-bond donors (Lipinski definition) is 1. The van der Waals surface area contributed by atoms with Crippen molar-refractivity contribution in [1.29, 1.82) is 0 Å². The summed E-state index contributed by atoms with van der Waals surface area (Å²) in [6, 6.07) is 0. The highest BCUT2D eigenvalue weighted by atomic mass is 31.1. The van der Waals surface area contributed by atoms with Gasteiger partial charge in [0.15, 0.2) is 11.2 Å². The lowest BCUT2D eigenvalue weighted by atomic mass is 10.4. The average molecular weight is 403 g/mol. The summed E-state index contributed by atoms with van der Waals surface area (Å²) in [5, 5.41) is 0. The summed E-state index contributed by atoms with van der Waals surface area (Å²) >= 11 is 0. The van der Waals surface area contributed by atoms with E-state index < -0.39 is 19.5 Å². The summed E-state index contributed by atoms with van der Waals surface area (Å²) < 4.78 is 24.1. The number of unbranched alkanes of at least 4 members (excludes halogenated alkanes) is 1. The van der Waals surface area contributed by atoms with Crippen molar-refractivity contribution in [2.24, 2.45) is 7.05 Å². The minimum atomic E-state index is -2.69. The van der Waals surface area contributed by atoms with Crippen LogP contribution in [-0.2, 0) is 34.1 Å². The molecule has 11 heteroatoms. The van der Waals surface area contributed by atoms with Gasteiger partial charge in [0.1, 0.15) is 13.3 Å². The predicted octanol–water partition coefficient (Wildman–Crippen LogP) is 1.75. The zero-order valence-corrected chi connectivity index (χ0v) is 17.1. The standard InChI is InChI=1S/C12H17N4O6P.C4H10/c1-3-21-8-15-7-13-10-9(15)11(17)16(12(18)14(10)2)5-4-6-22-23(19)20;1-3-4-2/h7H,3-6,8H2,1-2H3;3-4H2,1-2H3/p+1. The smallest absolute Gasteiger partial charge is 0.361 e. The van der Waals surface area contributed by atoms with Crippen LogP contribution in [-0.4, -0.2) is 36.8 Å². The van der Waals surface area contributed by atoms with Gasteiger partial charge in [-0.3, -0.25) is 13.9 Å². The van der Waals surface area contributed by atoms with Gasteiger partial charge in [-0.2, -0.15) is 0 Å². The molecule has 2 aromatic rings. The monoisotopic (exact) mass is 403 g/mol. The predicted molar refractivity (Wildman–Crippen MR) is 102 cm³/mol. The number of aromatic nitrogens is 4. The Kier molecular flexibility index (Phi) is 10.1. The van der Waals surface area contributed by atoms with Gasteiger partial charge in [-0.25, -0.2) is 9.78 Å². The molecule has 0 radical (unpaired) electrons. The highest BCUT2D eigenvalue weighted by Gasteiger charge is 2.17. The second-order valence-corrected chi connectivity index (χ2v) is 6.47. The number of rotatable bonds is 9. The number of aryl methyl sites for hydroxylation is 1. The number of hydrogen-bond acceptors (Lipinski definition) is 6. The molecule has 0 saturated heterocycles. The maximum absolute atomic E-state index is 12.6. The van der Waals surface area contributed by atoms with Gasteiger partial charge in [0.05, 0.1) is 6.33 Å². The lowest BCUT2D eigenvalue weighted by Crippen LogP contribution is -2.40. The van der Waals surface area contributed by atoms with Crippen LogP contribution in [0, 0.1) is 0 Å². The number of ether oxygens (including phenoxy) is 1. The molecule has 10 nitrogen and oxygen atoms in total. The first kappa shape index (κ1) is 23.2. The molecule has 1 atom stereocenters. The average Bonchev–Trinajstić information content (AvgIpc) is 3.08. The van der Waals surface area contributed by atoms with E-state index in [2.05, 4.69) is 23.4 Å². The molecule has 1 unspecified atom stereocenters. The van der Waals surface area contributed by atoms with E-state index in [-0.39, 0.29) is 37.5 Å². The van der Waals surface area contributed by atoms with Crippen LogP contribution in [0.3, 0.4) is 0 Å². The summed E-state index contributed by atoms with van der Waals surface area (Å²) in [7, 11) is -1.16. The highest BCUT2D eigenvalue weighted by molar-refractivity contribution is 7.32. The van der Waals surface area contributed by atoms with E-state index in [9.17, 15) is 14.2 Å². The minimum absolute atomic E-state index is 0.0302. The van der Waals surface area contributed by atoms with Crippen molar-refractivity contribution >= 4 is 19.4 Å². The summed E-state index contributed by atoms with van der Waals surface area (Å²) in [4.78, 5) is 37.5. The zero-order chi connectivity index (χ0) is 20.4. The van der Waals surface area contributed by atoms with Crippen molar-refractivity contribution in [2.45, 2.75) is 53.3 Å². The van der Waals surface area contributed by atoms with Crippen molar-refractivity contribution in [3.63, 3.8) is 0 Å². The Balaban J connectivity index is 0.000000828. The topological polar surface area (TPSA) is 118 Å². The van der Waals surface area contributed by atoms with E-state index in [4.69, 9.17) is 9.63 Å². The van der Waals surface area contributed by atoms with E-state index >= 15 is 0 Å². The maximum Gasteiger partial charge on any atom is 0.694 e. The first-order valence-corrected chi connectivity index (χ1v) is 10.0. The van der Waals surface area contributed by atoms with Crippen LogP contribution in [0.1, 0.15) is 40.0 Å². The van der Waals surface area contributed by atoms with Crippen LogP contribution in [0.25, 0.3) is 11.2 Å². The van der Waals surface area contributed by atoms with Crippen LogP contribution in [0.2, 0.25) is 0 Å². The van der Waals surface area contributed by atoms with Gasteiger partial charge in [-0.1, -0.05) is 26.7 Å². The Bertz CT molecular complexity index is 855. The van der Waals surface area contributed by atoms with Crippen molar-refractivity contribution < 1.29 is 18.7 Å². The maximum atomic E-state index is 12.6. The van der Waals surface area contributed by atoms with Gasteiger partial charge in [-0.15, -0.1) is 9.42 Å². The molecule has 0 fully saturated rings. The zero-order valence-electron chi connectivity index (χ0n) is 16.3. The normalized spacial score (nSPS) is 11.4. The second kappa shape index (κ2) is 11.8. The minimum Gasteiger partial charge on any atom is -0.361 e. The summed E-state index contributed by atoms with van der Waals surface area (Å²) in [6.07, 6.45) is 4.34. The van der Waals surface area contributed by atoms with E-state index in [1.807, 2.05) is 6.92 Å². The molecule has 0 aliphatic carbocycles. The molecule has 1 N–H and O–H groups in total. The number of fused-ring (bicyclic) bond motifs is 1. The molecule has 152 valence electrons. The Morgan fingerprint density at radius 3 is 2.44 bits per heavy atom.